The lowest BCUT2D eigenvalue weighted by Crippen LogP contribution is -2.05. The summed E-state index contributed by atoms with van der Waals surface area (Å²) in [6, 6.07) is 2.83. The van der Waals surface area contributed by atoms with Crippen molar-refractivity contribution in [2.24, 2.45) is 0 Å². The molecule has 0 spiro atoms. The average Bonchev–Trinajstić information content (AvgIpc) is 2.03. The minimum absolute atomic E-state index is 0.156. The largest absolute Gasteiger partial charge is 0.478 e. The van der Waals surface area contributed by atoms with Gasteiger partial charge in [-0.1, -0.05) is 0 Å². The van der Waals surface area contributed by atoms with E-state index in [1.165, 1.54) is 12.1 Å². The number of hydrogen-bond donors (Lipinski definition) is 3. The maximum Gasteiger partial charge on any atom is 0.335 e. The van der Waals surface area contributed by atoms with Crippen LogP contribution in [0.3, 0.4) is 0 Å². The second kappa shape index (κ2) is 3.86. The van der Waals surface area contributed by atoms with Gasteiger partial charge in [0.1, 0.15) is 12.5 Å². The van der Waals surface area contributed by atoms with Crippen LogP contribution in [-0.2, 0) is 0 Å². The fraction of sp³-hybridized carbons (Fsp3) is 0.250. The van der Waals surface area contributed by atoms with Crippen molar-refractivity contribution in [1.82, 2.24) is 4.98 Å². The van der Waals surface area contributed by atoms with Crippen LogP contribution in [-0.4, -0.2) is 27.9 Å². The van der Waals surface area contributed by atoms with Gasteiger partial charge in [0.25, 0.3) is 0 Å². The predicted molar refractivity (Wildman–Crippen MR) is 46.6 cm³/mol. The number of anilines is 1. The molecule has 3 N–H and O–H groups in total. The van der Waals surface area contributed by atoms with Crippen molar-refractivity contribution in [1.29, 1.82) is 0 Å². The Balaban J connectivity index is 3.03. The molecule has 0 saturated carbocycles. The first-order valence-corrected chi connectivity index (χ1v) is 3.70. The van der Waals surface area contributed by atoms with Crippen molar-refractivity contribution in [2.75, 3.05) is 12.0 Å². The van der Waals surface area contributed by atoms with E-state index in [4.69, 9.17) is 10.2 Å². The Morgan fingerprint density at radius 1 is 1.62 bits per heavy atom. The van der Waals surface area contributed by atoms with E-state index in [0.29, 0.717) is 11.5 Å². The lowest BCUT2D eigenvalue weighted by molar-refractivity contribution is 0.0696. The highest BCUT2D eigenvalue weighted by atomic mass is 16.4. The Morgan fingerprint density at radius 2 is 2.31 bits per heavy atom. The Bertz CT molecular complexity index is 325. The summed E-state index contributed by atoms with van der Waals surface area (Å²) in [5.41, 5.74) is 0.749. The van der Waals surface area contributed by atoms with E-state index < -0.39 is 5.97 Å². The highest BCUT2D eigenvalue weighted by Crippen LogP contribution is 2.09. The first-order chi connectivity index (χ1) is 6.13. The van der Waals surface area contributed by atoms with Crippen molar-refractivity contribution in [2.45, 2.75) is 6.92 Å². The number of aromatic carboxylic acids is 1. The van der Waals surface area contributed by atoms with Crippen LogP contribution in [0, 0.1) is 6.92 Å². The minimum atomic E-state index is -1.01. The van der Waals surface area contributed by atoms with E-state index in [1.54, 1.807) is 6.92 Å². The van der Waals surface area contributed by atoms with Crippen LogP contribution in [0.1, 0.15) is 16.1 Å². The molecule has 70 valence electrons. The smallest absolute Gasteiger partial charge is 0.335 e. The number of aliphatic hydroxyl groups is 1. The topological polar surface area (TPSA) is 82.5 Å². The van der Waals surface area contributed by atoms with Crippen LogP contribution >= 0.6 is 0 Å². The predicted octanol–water partition coefficient (Wildman–Crippen LogP) is 0.450. The van der Waals surface area contributed by atoms with Gasteiger partial charge in [-0.3, -0.25) is 0 Å². The molecule has 0 atom stereocenters. The second-order valence-electron chi connectivity index (χ2n) is 2.52. The molecule has 0 aliphatic heterocycles. The number of carboxylic acids is 1. The first-order valence-electron chi connectivity index (χ1n) is 3.70. The molecule has 0 fully saturated rings. The van der Waals surface area contributed by atoms with E-state index in [2.05, 4.69) is 10.3 Å². The van der Waals surface area contributed by atoms with Gasteiger partial charge in [0.05, 0.1) is 5.56 Å². The molecular weight excluding hydrogens is 172 g/mol. The van der Waals surface area contributed by atoms with Gasteiger partial charge in [-0.15, -0.1) is 0 Å². The molecule has 0 amide bonds. The summed E-state index contributed by atoms with van der Waals surface area (Å²) in [5, 5.41) is 19.8. The Morgan fingerprint density at radius 3 is 2.85 bits per heavy atom. The van der Waals surface area contributed by atoms with Crippen LogP contribution in [0.5, 0.6) is 0 Å². The number of aryl methyl sites for hydroxylation is 1. The van der Waals surface area contributed by atoms with Crippen molar-refractivity contribution in [3.63, 3.8) is 0 Å². The zero-order valence-electron chi connectivity index (χ0n) is 7.11. The minimum Gasteiger partial charge on any atom is -0.478 e. The fourth-order valence-electron chi connectivity index (χ4n) is 0.964. The zero-order chi connectivity index (χ0) is 9.84. The van der Waals surface area contributed by atoms with Crippen molar-refractivity contribution >= 4 is 11.8 Å². The zero-order valence-corrected chi connectivity index (χ0v) is 7.11. The Kier molecular flexibility index (Phi) is 2.81. The molecule has 0 aromatic carbocycles. The summed E-state index contributed by atoms with van der Waals surface area (Å²) in [7, 11) is 0. The summed E-state index contributed by atoms with van der Waals surface area (Å²) in [5.74, 6) is -0.647. The summed E-state index contributed by atoms with van der Waals surface area (Å²) >= 11 is 0. The molecule has 1 rings (SSSR count). The van der Waals surface area contributed by atoms with Crippen LogP contribution in [0.4, 0.5) is 5.82 Å². The number of nitrogens with zero attached hydrogens (tertiary/aromatic N) is 1. The van der Waals surface area contributed by atoms with Gasteiger partial charge in [0.15, 0.2) is 0 Å². The van der Waals surface area contributed by atoms with E-state index in [1.807, 2.05) is 0 Å². The van der Waals surface area contributed by atoms with E-state index in [-0.39, 0.29) is 12.3 Å². The first kappa shape index (κ1) is 9.47. The highest BCUT2D eigenvalue weighted by molar-refractivity contribution is 5.88. The van der Waals surface area contributed by atoms with Gasteiger partial charge in [-0.05, 0) is 19.1 Å². The van der Waals surface area contributed by atoms with Crippen molar-refractivity contribution in [3.05, 3.63) is 23.4 Å². The molecule has 1 heterocycles. The normalized spacial score (nSPS) is 9.69. The Hall–Kier alpha value is -1.62. The lowest BCUT2D eigenvalue weighted by Gasteiger charge is -2.03. The van der Waals surface area contributed by atoms with Crippen molar-refractivity contribution < 1.29 is 15.0 Å². The number of carbonyl (C=O) groups is 1. The lowest BCUT2D eigenvalue weighted by atomic mass is 10.2. The number of aliphatic hydroxyl groups excluding tert-OH is 1. The van der Waals surface area contributed by atoms with Gasteiger partial charge < -0.3 is 15.5 Å². The summed E-state index contributed by atoms with van der Waals surface area (Å²) in [4.78, 5) is 14.6. The maximum absolute atomic E-state index is 10.6. The SMILES string of the molecule is Cc1cc(C(=O)O)cc(NCO)n1. The molecule has 5 nitrogen and oxygen atoms in total. The van der Waals surface area contributed by atoms with Gasteiger partial charge >= 0.3 is 5.97 Å². The summed E-state index contributed by atoms with van der Waals surface area (Å²) in [6.45, 7) is 1.42. The molecule has 1 aromatic heterocycles. The molecule has 1 aromatic rings. The molecule has 5 heteroatoms. The number of aromatic nitrogens is 1. The third-order valence-corrected chi connectivity index (χ3v) is 1.46. The second-order valence-corrected chi connectivity index (χ2v) is 2.52. The Labute approximate surface area is 75.0 Å². The molecule has 0 aliphatic rings. The fourth-order valence-corrected chi connectivity index (χ4v) is 0.964. The van der Waals surface area contributed by atoms with Gasteiger partial charge in [0, 0.05) is 5.69 Å². The summed E-state index contributed by atoms with van der Waals surface area (Å²) < 4.78 is 0. The number of hydrogen-bond acceptors (Lipinski definition) is 4. The average molecular weight is 182 g/mol. The number of rotatable bonds is 3. The van der Waals surface area contributed by atoms with Gasteiger partial charge in [-0.25, -0.2) is 9.78 Å². The number of nitrogens with one attached hydrogen (secondary N) is 1. The maximum atomic E-state index is 10.6. The highest BCUT2D eigenvalue weighted by Gasteiger charge is 2.05. The van der Waals surface area contributed by atoms with Crippen LogP contribution in [0.25, 0.3) is 0 Å². The molecular formula is C8H10N2O3. The molecule has 0 aliphatic carbocycles. The number of pyridine rings is 1. The van der Waals surface area contributed by atoms with Crippen molar-refractivity contribution in [3.8, 4) is 0 Å². The molecule has 0 bridgehead atoms. The van der Waals surface area contributed by atoms with Gasteiger partial charge in [-0.2, -0.15) is 0 Å². The molecule has 13 heavy (non-hydrogen) atoms. The van der Waals surface area contributed by atoms with Crippen LogP contribution < -0.4 is 5.32 Å². The van der Waals surface area contributed by atoms with Gasteiger partial charge in [0.2, 0.25) is 0 Å². The van der Waals surface area contributed by atoms with E-state index >= 15 is 0 Å². The quantitative estimate of drug-likeness (QED) is 0.591. The van der Waals surface area contributed by atoms with E-state index in [9.17, 15) is 4.79 Å². The third-order valence-electron chi connectivity index (χ3n) is 1.46. The number of carboxylic acid groups (broad SMARTS) is 1. The standard InChI is InChI=1S/C8H10N2O3/c1-5-2-6(8(12)13)3-7(10-5)9-4-11/h2-3,11H,4H2,1H3,(H,9,10)(H,12,13). The summed E-state index contributed by atoms with van der Waals surface area (Å²) in [6.07, 6.45) is 0. The van der Waals surface area contributed by atoms with Crippen LogP contribution in [0.15, 0.2) is 12.1 Å². The molecule has 0 unspecified atom stereocenters. The van der Waals surface area contributed by atoms with E-state index in [0.717, 1.165) is 0 Å². The third kappa shape index (κ3) is 2.41. The monoisotopic (exact) mass is 182 g/mol. The van der Waals surface area contributed by atoms with Crippen LogP contribution in [0.2, 0.25) is 0 Å². The molecule has 0 saturated heterocycles. The molecule has 0 radical (unpaired) electrons.